The van der Waals surface area contributed by atoms with Crippen molar-refractivity contribution in [2.45, 2.75) is 84.3 Å². The van der Waals surface area contributed by atoms with Gasteiger partial charge in [0.05, 0.1) is 12.0 Å². The summed E-state index contributed by atoms with van der Waals surface area (Å²) in [7, 11) is 0. The first kappa shape index (κ1) is 27.2. The first-order valence-electron chi connectivity index (χ1n) is 12.2. The molecular formula is C27H37N3O6. The molecule has 0 radical (unpaired) electrons. The van der Waals surface area contributed by atoms with Crippen LogP contribution in [0.15, 0.2) is 36.8 Å². The third kappa shape index (κ3) is 6.44. The fourth-order valence-corrected chi connectivity index (χ4v) is 4.23. The van der Waals surface area contributed by atoms with Crippen molar-refractivity contribution in [3.63, 3.8) is 0 Å². The van der Waals surface area contributed by atoms with Crippen LogP contribution in [0.4, 0.5) is 9.59 Å². The van der Waals surface area contributed by atoms with Crippen molar-refractivity contribution in [2.24, 2.45) is 5.92 Å². The highest BCUT2D eigenvalue weighted by atomic mass is 16.6. The maximum atomic E-state index is 12.7. The highest BCUT2D eigenvalue weighted by Crippen LogP contribution is 2.56. The Morgan fingerprint density at radius 2 is 1.72 bits per heavy atom. The summed E-state index contributed by atoms with van der Waals surface area (Å²) >= 11 is 0. The minimum absolute atomic E-state index is 0.0633. The monoisotopic (exact) mass is 499 g/mol. The molecule has 1 aliphatic carbocycles. The molecule has 36 heavy (non-hydrogen) atoms. The Bertz CT molecular complexity index is 1100. The van der Waals surface area contributed by atoms with E-state index in [1.54, 1.807) is 54.1 Å². The Kier molecular flexibility index (Phi) is 7.53. The van der Waals surface area contributed by atoms with Crippen molar-refractivity contribution < 1.29 is 29.0 Å². The lowest BCUT2D eigenvalue weighted by molar-refractivity contribution is -0.140. The molecule has 0 spiro atoms. The molecule has 196 valence electrons. The molecule has 1 aliphatic rings. The SMILES string of the molecule is Cc1cccc(-n2cnc(C3(C(=O)O)CC3CCCN(C(=O)OC(C)(C)C)C(=O)OC(C)(C)C)c2)c1. The number of ether oxygens (including phenoxy) is 2. The highest BCUT2D eigenvalue weighted by molar-refractivity contribution is 5.88. The van der Waals surface area contributed by atoms with E-state index in [-0.39, 0.29) is 12.5 Å². The van der Waals surface area contributed by atoms with Gasteiger partial charge in [-0.05, 0) is 91.3 Å². The molecule has 3 rings (SSSR count). The molecule has 0 bridgehead atoms. The van der Waals surface area contributed by atoms with Crippen molar-refractivity contribution in [3.8, 4) is 5.69 Å². The van der Waals surface area contributed by atoms with Crippen LogP contribution in [0.2, 0.25) is 0 Å². The fourth-order valence-electron chi connectivity index (χ4n) is 4.23. The Morgan fingerprint density at radius 3 is 2.25 bits per heavy atom. The van der Waals surface area contributed by atoms with Crippen molar-refractivity contribution in [3.05, 3.63) is 48.0 Å². The maximum absolute atomic E-state index is 12.7. The van der Waals surface area contributed by atoms with Crippen LogP contribution in [0.25, 0.3) is 5.69 Å². The van der Waals surface area contributed by atoms with Gasteiger partial charge in [0.15, 0.2) is 0 Å². The number of imide groups is 1. The number of hydrogen-bond donors (Lipinski definition) is 1. The maximum Gasteiger partial charge on any atom is 0.419 e. The van der Waals surface area contributed by atoms with Crippen LogP contribution < -0.4 is 0 Å². The molecule has 2 aromatic rings. The number of rotatable bonds is 7. The summed E-state index contributed by atoms with van der Waals surface area (Å²) in [4.78, 5) is 43.1. The van der Waals surface area contributed by atoms with Gasteiger partial charge in [-0.3, -0.25) is 4.79 Å². The molecule has 1 heterocycles. The number of carbonyl (C=O) groups excluding carboxylic acids is 2. The first-order valence-corrected chi connectivity index (χ1v) is 12.2. The predicted molar refractivity (Wildman–Crippen MR) is 134 cm³/mol. The first-order chi connectivity index (χ1) is 16.6. The Labute approximate surface area is 212 Å². The predicted octanol–water partition coefficient (Wildman–Crippen LogP) is 5.48. The van der Waals surface area contributed by atoms with E-state index in [0.717, 1.165) is 16.2 Å². The molecule has 1 saturated carbocycles. The van der Waals surface area contributed by atoms with Crippen LogP contribution in [0, 0.1) is 12.8 Å². The number of carbonyl (C=O) groups is 3. The Morgan fingerprint density at radius 1 is 1.11 bits per heavy atom. The van der Waals surface area contributed by atoms with E-state index >= 15 is 0 Å². The van der Waals surface area contributed by atoms with Gasteiger partial charge in [0, 0.05) is 18.4 Å². The van der Waals surface area contributed by atoms with Crippen LogP contribution in [-0.4, -0.2) is 55.5 Å². The molecule has 1 N–H and O–H groups in total. The van der Waals surface area contributed by atoms with Gasteiger partial charge < -0.3 is 19.1 Å². The van der Waals surface area contributed by atoms with E-state index in [4.69, 9.17) is 9.47 Å². The molecule has 0 saturated heterocycles. The van der Waals surface area contributed by atoms with E-state index in [9.17, 15) is 19.5 Å². The third-order valence-electron chi connectivity index (χ3n) is 5.99. The number of carboxylic acid groups (broad SMARTS) is 1. The summed E-state index contributed by atoms with van der Waals surface area (Å²) in [5.74, 6) is -1.08. The fraction of sp³-hybridized carbons (Fsp3) is 0.556. The van der Waals surface area contributed by atoms with Crippen LogP contribution in [-0.2, 0) is 19.7 Å². The van der Waals surface area contributed by atoms with Gasteiger partial charge in [-0.2, -0.15) is 0 Å². The lowest BCUT2D eigenvalue weighted by Gasteiger charge is -2.28. The second-order valence-corrected chi connectivity index (χ2v) is 11.4. The number of imidazole rings is 1. The zero-order chi connectivity index (χ0) is 26.9. The van der Waals surface area contributed by atoms with Crippen LogP contribution in [0.5, 0.6) is 0 Å². The molecule has 0 aliphatic heterocycles. The van der Waals surface area contributed by atoms with Crippen molar-refractivity contribution in [1.29, 1.82) is 0 Å². The lowest BCUT2D eigenvalue weighted by Crippen LogP contribution is -2.44. The van der Waals surface area contributed by atoms with E-state index in [0.29, 0.717) is 25.0 Å². The number of hydrogen-bond acceptors (Lipinski definition) is 6. The van der Waals surface area contributed by atoms with Crippen LogP contribution >= 0.6 is 0 Å². The quantitative estimate of drug-likeness (QED) is 0.537. The van der Waals surface area contributed by atoms with Gasteiger partial charge in [-0.15, -0.1) is 0 Å². The minimum atomic E-state index is -1.07. The molecule has 2 unspecified atom stereocenters. The summed E-state index contributed by atoms with van der Waals surface area (Å²) in [5, 5.41) is 10.1. The molecule has 9 nitrogen and oxygen atoms in total. The number of aromatic nitrogens is 2. The summed E-state index contributed by atoms with van der Waals surface area (Å²) in [5.41, 5.74) is -0.100. The lowest BCUT2D eigenvalue weighted by atomic mass is 9.97. The smallest absolute Gasteiger partial charge is 0.419 e. The average molecular weight is 500 g/mol. The van der Waals surface area contributed by atoms with Crippen molar-refractivity contribution >= 4 is 18.2 Å². The number of nitrogens with zero attached hydrogens (tertiary/aromatic N) is 3. The standard InChI is InChI=1S/C27H37N3O6/c1-18-10-8-12-20(14-18)29-16-21(28-17-29)27(22(31)32)15-19(27)11-9-13-30(23(33)35-25(2,3)4)24(34)36-26(5,6)7/h8,10,12,14,16-17,19H,9,11,13,15H2,1-7H3,(H,31,32). The Hall–Kier alpha value is -3.36. The highest BCUT2D eigenvalue weighted by Gasteiger charge is 2.62. The number of aliphatic carboxylic acids is 1. The molecule has 1 aromatic carbocycles. The van der Waals surface area contributed by atoms with Gasteiger partial charge in [0.25, 0.3) is 0 Å². The zero-order valence-electron chi connectivity index (χ0n) is 22.2. The molecule has 9 heteroatoms. The van der Waals surface area contributed by atoms with Crippen LogP contribution in [0.3, 0.4) is 0 Å². The number of amides is 2. The largest absolute Gasteiger partial charge is 0.481 e. The van der Waals surface area contributed by atoms with Gasteiger partial charge in [-0.25, -0.2) is 19.5 Å². The van der Waals surface area contributed by atoms with E-state index in [2.05, 4.69) is 4.98 Å². The topological polar surface area (TPSA) is 111 Å². The summed E-state index contributed by atoms with van der Waals surface area (Å²) in [6.07, 6.45) is 3.21. The van der Waals surface area contributed by atoms with E-state index in [1.165, 1.54) is 0 Å². The van der Waals surface area contributed by atoms with Crippen LogP contribution in [0.1, 0.15) is 72.1 Å². The summed E-state index contributed by atoms with van der Waals surface area (Å²) in [6, 6.07) is 7.89. The van der Waals surface area contributed by atoms with Gasteiger partial charge in [0.2, 0.25) is 0 Å². The molecule has 2 amide bonds. The van der Waals surface area contributed by atoms with E-state index < -0.39 is 34.8 Å². The van der Waals surface area contributed by atoms with E-state index in [1.807, 2.05) is 35.8 Å². The van der Waals surface area contributed by atoms with Gasteiger partial charge >= 0.3 is 18.2 Å². The molecule has 1 fully saturated rings. The average Bonchev–Trinajstić information content (AvgIpc) is 3.24. The zero-order valence-corrected chi connectivity index (χ0v) is 22.2. The molecule has 1 aromatic heterocycles. The number of aryl methyl sites for hydroxylation is 1. The summed E-state index contributed by atoms with van der Waals surface area (Å²) < 4.78 is 12.6. The summed E-state index contributed by atoms with van der Waals surface area (Å²) in [6.45, 7) is 12.4. The molecule has 2 atom stereocenters. The second-order valence-electron chi connectivity index (χ2n) is 11.4. The second kappa shape index (κ2) is 9.95. The third-order valence-corrected chi connectivity index (χ3v) is 5.99. The normalized spacial score (nSPS) is 19.5. The van der Waals surface area contributed by atoms with Gasteiger partial charge in [-0.1, -0.05) is 12.1 Å². The van der Waals surface area contributed by atoms with Gasteiger partial charge in [0.1, 0.15) is 16.6 Å². The Balaban J connectivity index is 1.69. The van der Waals surface area contributed by atoms with Crippen molar-refractivity contribution in [1.82, 2.24) is 14.5 Å². The number of benzene rings is 1. The minimum Gasteiger partial charge on any atom is -0.481 e. The van der Waals surface area contributed by atoms with Crippen molar-refractivity contribution in [2.75, 3.05) is 6.54 Å². The number of carboxylic acids is 1. The molecular weight excluding hydrogens is 462 g/mol.